The van der Waals surface area contributed by atoms with Crippen LogP contribution in [0.4, 0.5) is 4.39 Å². The van der Waals surface area contributed by atoms with Gasteiger partial charge in [-0.2, -0.15) is 0 Å². The minimum absolute atomic E-state index is 0.389. The van der Waals surface area contributed by atoms with Crippen molar-refractivity contribution in [3.05, 3.63) is 35.7 Å². The normalized spacial score (nSPS) is 10.3. The third kappa shape index (κ3) is 3.09. The highest BCUT2D eigenvalue weighted by Gasteiger charge is 2.01. The maximum absolute atomic E-state index is 12.9. The van der Waals surface area contributed by atoms with Crippen molar-refractivity contribution in [2.24, 2.45) is 0 Å². The van der Waals surface area contributed by atoms with Gasteiger partial charge in [-0.1, -0.05) is 0 Å². The van der Waals surface area contributed by atoms with Crippen LogP contribution in [0.2, 0.25) is 0 Å². The Morgan fingerprint density at radius 1 is 1.40 bits per heavy atom. The van der Waals surface area contributed by atoms with Gasteiger partial charge in [0.05, 0.1) is 14.2 Å². The number of benzene rings is 1. The molecule has 0 saturated carbocycles. The van der Waals surface area contributed by atoms with Crippen LogP contribution in [0, 0.1) is 5.82 Å². The Morgan fingerprint density at radius 3 is 2.73 bits per heavy atom. The Kier molecular flexibility index (Phi) is 3.85. The van der Waals surface area contributed by atoms with E-state index in [0.717, 1.165) is 0 Å². The predicted octanol–water partition coefficient (Wildman–Crippen LogP) is 2.02. The van der Waals surface area contributed by atoms with E-state index in [4.69, 9.17) is 4.74 Å². The van der Waals surface area contributed by atoms with Gasteiger partial charge >= 0.3 is 5.97 Å². The Balaban J connectivity index is 2.96. The van der Waals surface area contributed by atoms with E-state index < -0.39 is 5.97 Å². The van der Waals surface area contributed by atoms with Crippen molar-refractivity contribution in [3.8, 4) is 5.75 Å². The number of carbonyl (C=O) groups is 1. The number of methoxy groups -OCH3 is 2. The first kappa shape index (κ1) is 11.2. The first-order valence-corrected chi connectivity index (χ1v) is 4.27. The number of halogens is 1. The second-order valence-electron chi connectivity index (χ2n) is 2.74. The fourth-order valence-electron chi connectivity index (χ4n) is 1.06. The number of ether oxygens (including phenoxy) is 2. The highest BCUT2D eigenvalue weighted by atomic mass is 19.1. The Bertz CT molecular complexity index is 385. The van der Waals surface area contributed by atoms with Crippen molar-refractivity contribution in [3.63, 3.8) is 0 Å². The largest absolute Gasteiger partial charge is 0.496 e. The van der Waals surface area contributed by atoms with E-state index in [2.05, 4.69) is 4.74 Å². The third-order valence-corrected chi connectivity index (χ3v) is 1.79. The molecule has 0 N–H and O–H groups in total. The Hall–Kier alpha value is -1.84. The summed E-state index contributed by atoms with van der Waals surface area (Å²) in [6, 6.07) is 4.05. The zero-order chi connectivity index (χ0) is 11.3. The first-order chi connectivity index (χ1) is 7.17. The molecular formula is C11H11FO3. The summed E-state index contributed by atoms with van der Waals surface area (Å²) >= 11 is 0. The quantitative estimate of drug-likeness (QED) is 0.565. The molecule has 4 heteroatoms. The number of hydrogen-bond acceptors (Lipinski definition) is 3. The molecule has 0 unspecified atom stereocenters. The molecule has 0 aliphatic carbocycles. The van der Waals surface area contributed by atoms with Crippen molar-refractivity contribution in [1.82, 2.24) is 0 Å². The van der Waals surface area contributed by atoms with Crippen LogP contribution >= 0.6 is 0 Å². The second-order valence-corrected chi connectivity index (χ2v) is 2.74. The average Bonchev–Trinajstić information content (AvgIpc) is 2.26. The summed E-state index contributed by atoms with van der Waals surface area (Å²) in [6.07, 6.45) is 2.64. The smallest absolute Gasteiger partial charge is 0.330 e. The minimum atomic E-state index is -0.499. The zero-order valence-electron chi connectivity index (χ0n) is 8.49. The average molecular weight is 210 g/mol. The van der Waals surface area contributed by atoms with Crippen molar-refractivity contribution in [2.45, 2.75) is 0 Å². The Labute approximate surface area is 87.1 Å². The molecule has 0 saturated heterocycles. The fraction of sp³-hybridized carbons (Fsp3) is 0.182. The maximum Gasteiger partial charge on any atom is 0.330 e. The van der Waals surface area contributed by atoms with E-state index in [9.17, 15) is 9.18 Å². The minimum Gasteiger partial charge on any atom is -0.496 e. The molecule has 0 spiro atoms. The van der Waals surface area contributed by atoms with Gasteiger partial charge in [-0.05, 0) is 24.3 Å². The van der Waals surface area contributed by atoms with Crippen LogP contribution in [0.25, 0.3) is 6.08 Å². The molecule has 0 amide bonds. The monoisotopic (exact) mass is 210 g/mol. The molecule has 0 bridgehead atoms. The number of rotatable bonds is 3. The first-order valence-electron chi connectivity index (χ1n) is 4.27. The summed E-state index contributed by atoms with van der Waals surface area (Å²) in [5.74, 6) is -0.391. The number of esters is 1. The second kappa shape index (κ2) is 5.14. The van der Waals surface area contributed by atoms with Crippen LogP contribution in [0.5, 0.6) is 5.75 Å². The third-order valence-electron chi connectivity index (χ3n) is 1.79. The van der Waals surface area contributed by atoms with E-state index in [1.165, 1.54) is 44.6 Å². The summed E-state index contributed by atoms with van der Waals surface area (Å²) in [5, 5.41) is 0. The molecule has 0 aliphatic heterocycles. The molecule has 15 heavy (non-hydrogen) atoms. The number of hydrogen-bond donors (Lipinski definition) is 0. The van der Waals surface area contributed by atoms with Gasteiger partial charge < -0.3 is 9.47 Å². The van der Waals surface area contributed by atoms with Crippen LogP contribution in [-0.4, -0.2) is 20.2 Å². The molecule has 0 radical (unpaired) electrons. The molecule has 0 fully saturated rings. The lowest BCUT2D eigenvalue weighted by Gasteiger charge is -2.03. The summed E-state index contributed by atoms with van der Waals surface area (Å²) in [7, 11) is 2.75. The lowest BCUT2D eigenvalue weighted by molar-refractivity contribution is -0.134. The molecule has 0 heterocycles. The topological polar surface area (TPSA) is 35.5 Å². The van der Waals surface area contributed by atoms with Crippen molar-refractivity contribution in [2.75, 3.05) is 14.2 Å². The van der Waals surface area contributed by atoms with Gasteiger partial charge in [0.2, 0.25) is 0 Å². The molecule has 1 aromatic rings. The van der Waals surface area contributed by atoms with Crippen LogP contribution in [0.1, 0.15) is 5.56 Å². The van der Waals surface area contributed by atoms with Crippen LogP contribution in [-0.2, 0) is 9.53 Å². The highest BCUT2D eigenvalue weighted by Crippen LogP contribution is 2.20. The standard InChI is InChI=1S/C11H11FO3/c1-14-10-5-4-9(12)7-8(10)3-6-11(13)15-2/h3-7H,1-2H3. The van der Waals surface area contributed by atoms with Gasteiger partial charge in [-0.15, -0.1) is 0 Å². The van der Waals surface area contributed by atoms with Gasteiger partial charge in [-0.25, -0.2) is 9.18 Å². The van der Waals surface area contributed by atoms with Gasteiger partial charge in [0.1, 0.15) is 11.6 Å². The molecule has 1 aromatic carbocycles. The molecule has 80 valence electrons. The van der Waals surface area contributed by atoms with Crippen molar-refractivity contribution >= 4 is 12.0 Å². The summed E-state index contributed by atoms with van der Waals surface area (Å²) < 4.78 is 22.3. The van der Waals surface area contributed by atoms with Crippen LogP contribution < -0.4 is 4.74 Å². The van der Waals surface area contributed by atoms with E-state index in [-0.39, 0.29) is 5.82 Å². The van der Waals surface area contributed by atoms with Crippen LogP contribution in [0.15, 0.2) is 24.3 Å². The number of carbonyl (C=O) groups excluding carboxylic acids is 1. The molecule has 3 nitrogen and oxygen atoms in total. The SMILES string of the molecule is COC(=O)C=Cc1cc(F)ccc1OC. The molecule has 1 rings (SSSR count). The predicted molar refractivity (Wildman–Crippen MR) is 54.0 cm³/mol. The van der Waals surface area contributed by atoms with E-state index in [1.807, 2.05) is 0 Å². The molecule has 0 aliphatic rings. The van der Waals surface area contributed by atoms with Crippen molar-refractivity contribution < 1.29 is 18.7 Å². The summed E-state index contributed by atoms with van der Waals surface area (Å²) in [5.41, 5.74) is 0.489. The van der Waals surface area contributed by atoms with Crippen molar-refractivity contribution in [1.29, 1.82) is 0 Å². The van der Waals surface area contributed by atoms with E-state index >= 15 is 0 Å². The lowest BCUT2D eigenvalue weighted by atomic mass is 10.2. The Morgan fingerprint density at radius 2 is 2.13 bits per heavy atom. The highest BCUT2D eigenvalue weighted by molar-refractivity contribution is 5.87. The summed E-state index contributed by atoms with van der Waals surface area (Å²) in [4.78, 5) is 10.8. The lowest BCUT2D eigenvalue weighted by Crippen LogP contribution is -1.94. The van der Waals surface area contributed by atoms with E-state index in [0.29, 0.717) is 11.3 Å². The van der Waals surface area contributed by atoms with E-state index in [1.54, 1.807) is 0 Å². The summed E-state index contributed by atoms with van der Waals surface area (Å²) in [6.45, 7) is 0. The maximum atomic E-state index is 12.9. The zero-order valence-corrected chi connectivity index (χ0v) is 8.49. The van der Waals surface area contributed by atoms with Gasteiger partial charge in [0, 0.05) is 11.6 Å². The van der Waals surface area contributed by atoms with Gasteiger partial charge in [0.25, 0.3) is 0 Å². The fourth-order valence-corrected chi connectivity index (χ4v) is 1.06. The van der Waals surface area contributed by atoms with Crippen LogP contribution in [0.3, 0.4) is 0 Å². The molecule has 0 aromatic heterocycles. The van der Waals surface area contributed by atoms with Gasteiger partial charge in [-0.3, -0.25) is 0 Å². The molecular weight excluding hydrogens is 199 g/mol. The van der Waals surface area contributed by atoms with Gasteiger partial charge in [0.15, 0.2) is 0 Å². The molecule has 0 atom stereocenters.